The standard InChI is InChI=1S/C21H17N3O4/c1-12(25)23-17-9-13(10-18(28-2)21(17)27)3-7-16-8-6-14-4-5-15(11-22)20(26)19(14)24-16/h3-10,26-27H,1-2H3,(H,23,25). The van der Waals surface area contributed by atoms with Gasteiger partial charge in [0.2, 0.25) is 5.91 Å². The number of carbonyl (C=O) groups is 1. The monoisotopic (exact) mass is 375 g/mol. The van der Waals surface area contributed by atoms with Crippen molar-refractivity contribution in [1.29, 1.82) is 5.26 Å². The lowest BCUT2D eigenvalue weighted by Crippen LogP contribution is -2.06. The zero-order valence-electron chi connectivity index (χ0n) is 15.2. The lowest BCUT2D eigenvalue weighted by Gasteiger charge is -2.11. The third-order valence-electron chi connectivity index (χ3n) is 4.05. The minimum atomic E-state index is -0.321. The van der Waals surface area contributed by atoms with Crippen molar-refractivity contribution in [2.24, 2.45) is 0 Å². The van der Waals surface area contributed by atoms with E-state index in [1.54, 1.807) is 48.6 Å². The first-order valence-corrected chi connectivity index (χ1v) is 8.32. The van der Waals surface area contributed by atoms with E-state index in [1.165, 1.54) is 14.0 Å². The van der Waals surface area contributed by atoms with Gasteiger partial charge in [-0.05, 0) is 35.9 Å². The Hall–Kier alpha value is -4.05. The Labute approximate surface area is 161 Å². The topological polar surface area (TPSA) is 115 Å². The maximum atomic E-state index is 11.3. The van der Waals surface area contributed by atoms with Crippen molar-refractivity contribution in [3.8, 4) is 23.3 Å². The summed E-state index contributed by atoms with van der Waals surface area (Å²) in [6, 6.07) is 12.0. The van der Waals surface area contributed by atoms with Crippen LogP contribution in [0.4, 0.5) is 5.69 Å². The van der Waals surface area contributed by atoms with Gasteiger partial charge in [0, 0.05) is 12.3 Å². The van der Waals surface area contributed by atoms with E-state index >= 15 is 0 Å². The molecular weight excluding hydrogens is 358 g/mol. The van der Waals surface area contributed by atoms with E-state index in [0.717, 1.165) is 0 Å². The number of carbonyl (C=O) groups excluding carboxylic acids is 1. The third-order valence-corrected chi connectivity index (χ3v) is 4.05. The van der Waals surface area contributed by atoms with Gasteiger partial charge in [0.25, 0.3) is 0 Å². The summed E-state index contributed by atoms with van der Waals surface area (Å²) in [6.07, 6.45) is 3.44. The summed E-state index contributed by atoms with van der Waals surface area (Å²) < 4.78 is 5.14. The van der Waals surface area contributed by atoms with E-state index in [0.29, 0.717) is 22.2 Å². The van der Waals surface area contributed by atoms with Crippen LogP contribution < -0.4 is 10.1 Å². The van der Waals surface area contributed by atoms with Gasteiger partial charge in [0.1, 0.15) is 11.6 Å². The molecule has 0 aliphatic heterocycles. The number of ether oxygens (including phenoxy) is 1. The smallest absolute Gasteiger partial charge is 0.221 e. The summed E-state index contributed by atoms with van der Waals surface area (Å²) in [7, 11) is 1.42. The molecule has 0 fully saturated rings. The predicted octanol–water partition coefficient (Wildman–Crippen LogP) is 3.66. The Morgan fingerprint density at radius 2 is 1.93 bits per heavy atom. The first-order chi connectivity index (χ1) is 13.4. The van der Waals surface area contributed by atoms with Gasteiger partial charge in [0.15, 0.2) is 17.2 Å². The van der Waals surface area contributed by atoms with Gasteiger partial charge in [-0.1, -0.05) is 18.2 Å². The quantitative estimate of drug-likeness (QED) is 0.600. The molecule has 1 heterocycles. The minimum absolute atomic E-state index is 0.157. The highest BCUT2D eigenvalue weighted by atomic mass is 16.5. The summed E-state index contributed by atoms with van der Waals surface area (Å²) in [5, 5.41) is 32.6. The highest BCUT2D eigenvalue weighted by Gasteiger charge is 2.11. The molecule has 0 bridgehead atoms. The maximum Gasteiger partial charge on any atom is 0.221 e. The number of aromatic nitrogens is 1. The van der Waals surface area contributed by atoms with Crippen LogP contribution in [0.2, 0.25) is 0 Å². The van der Waals surface area contributed by atoms with Crippen molar-refractivity contribution in [2.75, 3.05) is 12.4 Å². The largest absolute Gasteiger partial charge is 0.504 e. The van der Waals surface area contributed by atoms with Gasteiger partial charge < -0.3 is 20.3 Å². The number of aromatic hydroxyl groups is 2. The molecule has 3 N–H and O–H groups in total. The maximum absolute atomic E-state index is 11.3. The molecule has 0 saturated carbocycles. The molecule has 3 aromatic rings. The Kier molecular flexibility index (Phi) is 5.14. The van der Waals surface area contributed by atoms with Crippen molar-refractivity contribution < 1.29 is 19.7 Å². The van der Waals surface area contributed by atoms with Gasteiger partial charge in [0.05, 0.1) is 24.1 Å². The number of phenolic OH excluding ortho intramolecular Hbond substituents is 2. The molecule has 0 atom stereocenters. The molecule has 0 unspecified atom stereocenters. The van der Waals surface area contributed by atoms with Crippen LogP contribution in [0.3, 0.4) is 0 Å². The number of rotatable bonds is 4. The van der Waals surface area contributed by atoms with Crippen molar-refractivity contribution in [1.82, 2.24) is 4.98 Å². The van der Waals surface area contributed by atoms with Crippen LogP contribution in [-0.4, -0.2) is 28.2 Å². The highest BCUT2D eigenvalue weighted by Crippen LogP contribution is 2.36. The molecule has 28 heavy (non-hydrogen) atoms. The van der Waals surface area contributed by atoms with Crippen molar-refractivity contribution in [2.45, 2.75) is 6.92 Å². The number of hydrogen-bond donors (Lipinski definition) is 3. The fourth-order valence-electron chi connectivity index (χ4n) is 2.72. The second-order valence-electron chi connectivity index (χ2n) is 6.02. The normalized spacial score (nSPS) is 10.8. The highest BCUT2D eigenvalue weighted by molar-refractivity contribution is 5.92. The second-order valence-corrected chi connectivity index (χ2v) is 6.02. The summed E-state index contributed by atoms with van der Waals surface area (Å²) in [5.74, 6) is -0.422. The van der Waals surface area contributed by atoms with Gasteiger partial charge in [-0.3, -0.25) is 4.79 Å². The zero-order valence-corrected chi connectivity index (χ0v) is 15.2. The summed E-state index contributed by atoms with van der Waals surface area (Å²) in [5.41, 5.74) is 1.95. The van der Waals surface area contributed by atoms with Crippen molar-refractivity contribution in [3.63, 3.8) is 0 Å². The number of nitriles is 1. The average Bonchev–Trinajstić information content (AvgIpc) is 2.68. The van der Waals surface area contributed by atoms with E-state index in [-0.39, 0.29) is 34.4 Å². The number of hydrogen-bond acceptors (Lipinski definition) is 6. The third kappa shape index (κ3) is 3.71. The van der Waals surface area contributed by atoms with E-state index in [2.05, 4.69) is 10.3 Å². The lowest BCUT2D eigenvalue weighted by atomic mass is 10.1. The molecule has 0 saturated heterocycles. The number of nitrogens with zero attached hydrogens (tertiary/aromatic N) is 2. The second kappa shape index (κ2) is 7.68. The summed E-state index contributed by atoms with van der Waals surface area (Å²) >= 11 is 0. The fraction of sp³-hybridized carbons (Fsp3) is 0.0952. The van der Waals surface area contributed by atoms with Crippen LogP contribution in [0.25, 0.3) is 23.1 Å². The number of phenols is 2. The number of pyridine rings is 1. The molecule has 7 nitrogen and oxygen atoms in total. The Morgan fingerprint density at radius 1 is 1.18 bits per heavy atom. The summed E-state index contributed by atoms with van der Waals surface area (Å²) in [6.45, 7) is 1.34. The van der Waals surface area contributed by atoms with Gasteiger partial charge >= 0.3 is 0 Å². The number of fused-ring (bicyclic) bond motifs is 1. The number of benzene rings is 2. The molecule has 7 heteroatoms. The van der Waals surface area contributed by atoms with Gasteiger partial charge in [-0.25, -0.2) is 4.98 Å². The molecule has 0 aliphatic carbocycles. The first-order valence-electron chi connectivity index (χ1n) is 8.32. The molecular formula is C21H17N3O4. The van der Waals surface area contributed by atoms with E-state index < -0.39 is 0 Å². The van der Waals surface area contributed by atoms with Crippen LogP contribution in [-0.2, 0) is 4.79 Å². The number of anilines is 1. The average molecular weight is 375 g/mol. The van der Waals surface area contributed by atoms with Crippen LogP contribution in [0.1, 0.15) is 23.7 Å². The van der Waals surface area contributed by atoms with Gasteiger partial charge in [-0.2, -0.15) is 5.26 Å². The summed E-state index contributed by atoms with van der Waals surface area (Å²) in [4.78, 5) is 15.7. The fourth-order valence-corrected chi connectivity index (χ4v) is 2.72. The molecule has 2 aromatic carbocycles. The van der Waals surface area contributed by atoms with E-state index in [9.17, 15) is 15.0 Å². The predicted molar refractivity (Wildman–Crippen MR) is 106 cm³/mol. The van der Waals surface area contributed by atoms with Crippen LogP contribution in [0.5, 0.6) is 17.2 Å². The van der Waals surface area contributed by atoms with E-state index in [1.807, 2.05) is 6.07 Å². The lowest BCUT2D eigenvalue weighted by molar-refractivity contribution is -0.114. The number of nitrogens with one attached hydrogen (secondary N) is 1. The SMILES string of the molecule is COc1cc(C=Cc2ccc3ccc(C#N)c(O)c3n2)cc(NC(C)=O)c1O. The molecule has 3 rings (SSSR count). The molecule has 0 aliphatic rings. The first kappa shape index (κ1) is 18.7. The number of amides is 1. The Bertz CT molecular complexity index is 1150. The van der Waals surface area contributed by atoms with Crippen LogP contribution >= 0.6 is 0 Å². The molecule has 0 radical (unpaired) electrons. The molecule has 140 valence electrons. The molecule has 0 spiro atoms. The minimum Gasteiger partial charge on any atom is -0.504 e. The van der Waals surface area contributed by atoms with Gasteiger partial charge in [-0.15, -0.1) is 0 Å². The van der Waals surface area contributed by atoms with Crippen molar-refractivity contribution >= 4 is 34.6 Å². The van der Waals surface area contributed by atoms with Crippen LogP contribution in [0.15, 0.2) is 36.4 Å². The number of methoxy groups -OCH3 is 1. The Balaban J connectivity index is 2.00. The zero-order chi connectivity index (χ0) is 20.3. The van der Waals surface area contributed by atoms with Crippen molar-refractivity contribution in [3.05, 3.63) is 53.2 Å². The van der Waals surface area contributed by atoms with E-state index in [4.69, 9.17) is 10.00 Å². The molecule has 1 aromatic heterocycles. The van der Waals surface area contributed by atoms with Crippen LogP contribution in [0, 0.1) is 11.3 Å². The Morgan fingerprint density at radius 3 is 2.61 bits per heavy atom. The molecule has 1 amide bonds.